The summed E-state index contributed by atoms with van der Waals surface area (Å²) in [7, 11) is 1.60. The molecule has 150 valence electrons. The Morgan fingerprint density at radius 3 is 2.70 bits per heavy atom. The summed E-state index contributed by atoms with van der Waals surface area (Å²) in [6.45, 7) is 0. The summed E-state index contributed by atoms with van der Waals surface area (Å²) in [4.78, 5) is 25.4. The first kappa shape index (κ1) is 19.3. The lowest BCUT2D eigenvalue weighted by Gasteiger charge is -1.99. The van der Waals surface area contributed by atoms with Crippen LogP contribution in [0.15, 0.2) is 62.8 Å². The summed E-state index contributed by atoms with van der Waals surface area (Å²) in [5.74, 6) is 1.14. The fourth-order valence-corrected chi connectivity index (χ4v) is 2.85. The highest BCUT2D eigenvalue weighted by Crippen LogP contribution is 2.26. The molecule has 10 heteroatoms. The van der Waals surface area contributed by atoms with Crippen molar-refractivity contribution in [3.63, 3.8) is 0 Å². The summed E-state index contributed by atoms with van der Waals surface area (Å²) in [5.41, 5.74) is 1.39. The van der Waals surface area contributed by atoms with Gasteiger partial charge in [-0.3, -0.25) is 14.8 Å². The number of aromatic nitrogens is 4. The van der Waals surface area contributed by atoms with E-state index in [0.29, 0.717) is 23.0 Å². The molecule has 30 heavy (non-hydrogen) atoms. The van der Waals surface area contributed by atoms with Crippen LogP contribution in [0.3, 0.4) is 0 Å². The Kier molecular flexibility index (Phi) is 5.22. The summed E-state index contributed by atoms with van der Waals surface area (Å²) in [5, 5.41) is 13.9. The SMILES string of the molecule is COc1ccc(-c2noc(-c3cccc(N=Cc4c(O)[nH]c(=S)[nH]c4=O)c3)n2)cc1. The number of H-pyrrole nitrogens is 2. The molecule has 4 aromatic rings. The Bertz CT molecular complexity index is 1340. The van der Waals surface area contributed by atoms with E-state index in [4.69, 9.17) is 21.5 Å². The van der Waals surface area contributed by atoms with Crippen molar-refractivity contribution in [1.82, 2.24) is 20.1 Å². The van der Waals surface area contributed by atoms with E-state index in [9.17, 15) is 9.90 Å². The molecule has 0 atom stereocenters. The van der Waals surface area contributed by atoms with Gasteiger partial charge in [-0.1, -0.05) is 11.2 Å². The lowest BCUT2D eigenvalue weighted by atomic mass is 10.2. The number of aromatic amines is 2. The standard InChI is InChI=1S/C20H15N5O4S/c1-28-14-7-5-11(6-8-14)16-22-19(29-25-16)12-3-2-4-13(9-12)21-10-15-17(26)23-20(30)24-18(15)27/h2-10H,1H3,(H3,23,24,26,27,30). The van der Waals surface area contributed by atoms with E-state index in [1.54, 1.807) is 31.4 Å². The number of benzene rings is 2. The van der Waals surface area contributed by atoms with Gasteiger partial charge in [0.25, 0.3) is 11.4 Å². The second-order valence-electron chi connectivity index (χ2n) is 6.13. The minimum absolute atomic E-state index is 0.0284. The number of hydrogen-bond donors (Lipinski definition) is 3. The molecule has 0 radical (unpaired) electrons. The highest BCUT2D eigenvalue weighted by Gasteiger charge is 2.11. The highest BCUT2D eigenvalue weighted by atomic mass is 32.1. The monoisotopic (exact) mass is 421 g/mol. The number of aromatic hydroxyl groups is 1. The topological polar surface area (TPSA) is 129 Å². The van der Waals surface area contributed by atoms with Gasteiger partial charge < -0.3 is 19.4 Å². The van der Waals surface area contributed by atoms with Gasteiger partial charge in [-0.15, -0.1) is 0 Å². The van der Waals surface area contributed by atoms with Crippen molar-refractivity contribution in [2.75, 3.05) is 7.11 Å². The molecule has 2 aromatic carbocycles. The van der Waals surface area contributed by atoms with Gasteiger partial charge in [-0.05, 0) is 54.7 Å². The fraction of sp³-hybridized carbons (Fsp3) is 0.0500. The normalized spacial score (nSPS) is 11.1. The lowest BCUT2D eigenvalue weighted by Crippen LogP contribution is -2.13. The van der Waals surface area contributed by atoms with Crippen molar-refractivity contribution in [3.8, 4) is 34.5 Å². The molecule has 0 aliphatic heterocycles. The van der Waals surface area contributed by atoms with Crippen LogP contribution in [-0.2, 0) is 0 Å². The molecule has 0 amide bonds. The van der Waals surface area contributed by atoms with Crippen LogP contribution in [0.5, 0.6) is 11.6 Å². The Balaban J connectivity index is 1.60. The van der Waals surface area contributed by atoms with Crippen molar-refractivity contribution in [1.29, 1.82) is 0 Å². The summed E-state index contributed by atoms with van der Waals surface area (Å²) in [6.07, 6.45) is 1.25. The maximum atomic E-state index is 11.9. The van der Waals surface area contributed by atoms with Crippen molar-refractivity contribution in [2.24, 2.45) is 4.99 Å². The van der Waals surface area contributed by atoms with Crippen molar-refractivity contribution < 1.29 is 14.4 Å². The molecule has 2 heterocycles. The molecule has 3 N–H and O–H groups in total. The second kappa shape index (κ2) is 8.13. The number of nitrogens with zero attached hydrogens (tertiary/aromatic N) is 3. The van der Waals surface area contributed by atoms with Gasteiger partial charge in [-0.2, -0.15) is 4.98 Å². The zero-order valence-electron chi connectivity index (χ0n) is 15.6. The zero-order chi connectivity index (χ0) is 21.1. The first-order valence-electron chi connectivity index (χ1n) is 8.71. The van der Waals surface area contributed by atoms with Crippen LogP contribution in [0.1, 0.15) is 5.56 Å². The summed E-state index contributed by atoms with van der Waals surface area (Å²) >= 11 is 4.80. The predicted molar refractivity (Wildman–Crippen MR) is 113 cm³/mol. The molecule has 0 saturated carbocycles. The van der Waals surface area contributed by atoms with Gasteiger partial charge in [0.1, 0.15) is 11.3 Å². The molecule has 0 fully saturated rings. The molecular formula is C20H15N5O4S. The molecular weight excluding hydrogens is 406 g/mol. The predicted octanol–water partition coefficient (Wildman–Crippen LogP) is 3.61. The molecule has 0 saturated heterocycles. The Morgan fingerprint density at radius 2 is 1.97 bits per heavy atom. The van der Waals surface area contributed by atoms with E-state index in [1.165, 1.54) is 6.21 Å². The number of hydrogen-bond acceptors (Lipinski definition) is 8. The second-order valence-corrected chi connectivity index (χ2v) is 6.54. The smallest absolute Gasteiger partial charge is 0.264 e. The number of ether oxygens (including phenoxy) is 1. The summed E-state index contributed by atoms with van der Waals surface area (Å²) < 4.78 is 10.5. The van der Waals surface area contributed by atoms with E-state index in [-0.39, 0.29) is 16.2 Å². The van der Waals surface area contributed by atoms with Crippen LogP contribution in [0, 0.1) is 4.77 Å². The van der Waals surface area contributed by atoms with Crippen LogP contribution in [0.2, 0.25) is 0 Å². The van der Waals surface area contributed by atoms with E-state index >= 15 is 0 Å². The first-order chi connectivity index (χ1) is 14.5. The average molecular weight is 421 g/mol. The van der Waals surface area contributed by atoms with Crippen molar-refractivity contribution in [3.05, 3.63) is 69.2 Å². The van der Waals surface area contributed by atoms with Gasteiger partial charge in [0.05, 0.1) is 12.8 Å². The summed E-state index contributed by atoms with van der Waals surface area (Å²) in [6, 6.07) is 14.3. The number of nitrogens with one attached hydrogen (secondary N) is 2. The number of methoxy groups -OCH3 is 1. The van der Waals surface area contributed by atoms with Crippen LogP contribution in [0.4, 0.5) is 5.69 Å². The van der Waals surface area contributed by atoms with Gasteiger partial charge in [0.15, 0.2) is 4.77 Å². The molecule has 2 aromatic heterocycles. The van der Waals surface area contributed by atoms with Crippen LogP contribution in [0.25, 0.3) is 22.8 Å². The van der Waals surface area contributed by atoms with Crippen molar-refractivity contribution >= 4 is 24.1 Å². The quantitative estimate of drug-likeness (QED) is 0.331. The zero-order valence-corrected chi connectivity index (χ0v) is 16.4. The minimum atomic E-state index is -0.544. The van der Waals surface area contributed by atoms with Crippen LogP contribution >= 0.6 is 12.2 Å². The van der Waals surface area contributed by atoms with Crippen molar-refractivity contribution in [2.45, 2.75) is 0 Å². The number of rotatable bonds is 5. The first-order valence-corrected chi connectivity index (χ1v) is 9.12. The molecule has 0 aliphatic carbocycles. The van der Waals surface area contributed by atoms with Gasteiger partial charge in [-0.25, -0.2) is 0 Å². The number of aliphatic imine (C=N–C) groups is 1. The highest BCUT2D eigenvalue weighted by molar-refractivity contribution is 7.71. The molecule has 0 aliphatic rings. The largest absolute Gasteiger partial charge is 0.497 e. The fourth-order valence-electron chi connectivity index (χ4n) is 2.66. The molecule has 0 spiro atoms. The van der Waals surface area contributed by atoms with E-state index in [2.05, 4.69) is 25.1 Å². The van der Waals surface area contributed by atoms with Crippen LogP contribution < -0.4 is 10.3 Å². The van der Waals surface area contributed by atoms with E-state index < -0.39 is 5.56 Å². The third-order valence-electron chi connectivity index (χ3n) is 4.17. The Morgan fingerprint density at radius 1 is 1.17 bits per heavy atom. The molecule has 0 unspecified atom stereocenters. The van der Waals surface area contributed by atoms with E-state index in [0.717, 1.165) is 11.3 Å². The Labute approximate surface area is 174 Å². The molecule has 0 bridgehead atoms. The lowest BCUT2D eigenvalue weighted by molar-refractivity contribution is 0.415. The Hall–Kier alpha value is -4.05. The van der Waals surface area contributed by atoms with Crippen LogP contribution in [-0.4, -0.2) is 38.5 Å². The van der Waals surface area contributed by atoms with Gasteiger partial charge in [0.2, 0.25) is 11.7 Å². The molecule has 9 nitrogen and oxygen atoms in total. The maximum Gasteiger partial charge on any atom is 0.264 e. The van der Waals surface area contributed by atoms with Gasteiger partial charge >= 0.3 is 0 Å². The minimum Gasteiger partial charge on any atom is -0.497 e. The van der Waals surface area contributed by atoms with Gasteiger partial charge in [0, 0.05) is 17.3 Å². The maximum absolute atomic E-state index is 11.9. The molecule has 4 rings (SSSR count). The third kappa shape index (κ3) is 4.03. The van der Waals surface area contributed by atoms with E-state index in [1.807, 2.05) is 24.3 Å². The average Bonchev–Trinajstić information content (AvgIpc) is 3.24. The third-order valence-corrected chi connectivity index (χ3v) is 4.37.